The molecular weight excluding hydrogens is 278 g/mol. The largest absolute Gasteiger partial charge is 0.325 e. The third kappa shape index (κ3) is 2.94. The van der Waals surface area contributed by atoms with Crippen LogP contribution in [0.2, 0.25) is 5.02 Å². The van der Waals surface area contributed by atoms with Crippen LogP contribution in [0.4, 0.5) is 11.4 Å². The highest BCUT2D eigenvalue weighted by Crippen LogP contribution is 2.33. The van der Waals surface area contributed by atoms with Crippen molar-refractivity contribution >= 4 is 34.8 Å². The van der Waals surface area contributed by atoms with E-state index in [2.05, 4.69) is 10.6 Å². The lowest BCUT2D eigenvalue weighted by molar-refractivity contribution is -0.118. The van der Waals surface area contributed by atoms with E-state index in [1.807, 2.05) is 13.8 Å². The fourth-order valence-electron chi connectivity index (χ4n) is 2.07. The van der Waals surface area contributed by atoms with Gasteiger partial charge in [-0.1, -0.05) is 31.9 Å². The second kappa shape index (κ2) is 5.81. The number of fused-ring (bicyclic) bond motifs is 1. The number of amides is 2. The maximum atomic E-state index is 12.1. The molecule has 1 heterocycles. The Hall–Kier alpha value is -1.59. The molecule has 0 radical (unpaired) electrons. The average molecular weight is 296 g/mol. The fraction of sp³-hybridized carbons (Fsp3) is 0.429. The predicted octanol–water partition coefficient (Wildman–Crippen LogP) is 2.15. The van der Waals surface area contributed by atoms with Gasteiger partial charge in [-0.3, -0.25) is 9.59 Å². The summed E-state index contributed by atoms with van der Waals surface area (Å²) in [4.78, 5) is 23.4. The van der Waals surface area contributed by atoms with Crippen molar-refractivity contribution in [3.63, 3.8) is 0 Å². The lowest BCUT2D eigenvalue weighted by Crippen LogP contribution is -2.40. The van der Waals surface area contributed by atoms with E-state index in [0.717, 1.165) is 12.0 Å². The van der Waals surface area contributed by atoms with Crippen LogP contribution in [0.15, 0.2) is 12.1 Å². The number of benzene rings is 1. The zero-order valence-corrected chi connectivity index (χ0v) is 12.3. The summed E-state index contributed by atoms with van der Waals surface area (Å²) in [6, 6.07) is 2.78. The maximum absolute atomic E-state index is 12.1. The molecule has 1 aromatic rings. The Morgan fingerprint density at radius 3 is 2.90 bits per heavy atom. The number of hydrogen-bond acceptors (Lipinski definition) is 3. The zero-order valence-electron chi connectivity index (χ0n) is 11.5. The summed E-state index contributed by atoms with van der Waals surface area (Å²) >= 11 is 6.11. The highest BCUT2D eigenvalue weighted by Gasteiger charge is 2.23. The molecule has 0 bridgehead atoms. The fourth-order valence-corrected chi connectivity index (χ4v) is 2.28. The van der Waals surface area contributed by atoms with E-state index in [1.54, 1.807) is 12.1 Å². The third-order valence-corrected chi connectivity index (χ3v) is 3.95. The van der Waals surface area contributed by atoms with Crippen molar-refractivity contribution in [3.05, 3.63) is 22.7 Å². The van der Waals surface area contributed by atoms with Crippen LogP contribution < -0.4 is 16.4 Å². The van der Waals surface area contributed by atoms with Crippen LogP contribution >= 0.6 is 11.6 Å². The molecule has 0 aliphatic carbocycles. The number of hydrogen-bond donors (Lipinski definition) is 3. The molecule has 1 aliphatic heterocycles. The van der Waals surface area contributed by atoms with Crippen molar-refractivity contribution in [2.75, 3.05) is 10.6 Å². The molecule has 108 valence electrons. The molecule has 1 aromatic carbocycles. The second-order valence-corrected chi connectivity index (χ2v) is 5.52. The lowest BCUT2D eigenvalue weighted by atomic mass is 9.99. The molecule has 20 heavy (non-hydrogen) atoms. The molecule has 2 amide bonds. The first-order valence-corrected chi connectivity index (χ1v) is 6.99. The Morgan fingerprint density at radius 1 is 1.55 bits per heavy atom. The molecule has 2 atom stereocenters. The average Bonchev–Trinajstić information content (AvgIpc) is 2.76. The van der Waals surface area contributed by atoms with Gasteiger partial charge in [-0.2, -0.15) is 0 Å². The molecule has 6 heteroatoms. The predicted molar refractivity (Wildman–Crippen MR) is 79.8 cm³/mol. The van der Waals surface area contributed by atoms with Crippen LogP contribution in [0.1, 0.15) is 25.8 Å². The van der Waals surface area contributed by atoms with Gasteiger partial charge in [-0.25, -0.2) is 0 Å². The normalized spacial score (nSPS) is 16.3. The van der Waals surface area contributed by atoms with Gasteiger partial charge in [0.1, 0.15) is 0 Å². The van der Waals surface area contributed by atoms with E-state index in [9.17, 15) is 9.59 Å². The monoisotopic (exact) mass is 295 g/mol. The van der Waals surface area contributed by atoms with Crippen LogP contribution in [-0.2, 0) is 16.0 Å². The molecule has 0 spiro atoms. The van der Waals surface area contributed by atoms with E-state index in [0.29, 0.717) is 22.8 Å². The van der Waals surface area contributed by atoms with Crippen LogP contribution in [0.25, 0.3) is 0 Å². The van der Waals surface area contributed by atoms with E-state index in [-0.39, 0.29) is 17.7 Å². The van der Waals surface area contributed by atoms with Crippen molar-refractivity contribution in [3.8, 4) is 0 Å². The first-order valence-electron chi connectivity index (χ1n) is 6.61. The first-order chi connectivity index (χ1) is 9.42. The van der Waals surface area contributed by atoms with E-state index >= 15 is 0 Å². The van der Waals surface area contributed by atoms with Gasteiger partial charge in [-0.05, 0) is 23.6 Å². The molecule has 5 nitrogen and oxygen atoms in total. The number of nitrogens with two attached hydrogens (primary N) is 1. The number of anilines is 2. The van der Waals surface area contributed by atoms with Crippen molar-refractivity contribution in [1.29, 1.82) is 0 Å². The van der Waals surface area contributed by atoms with E-state index in [4.69, 9.17) is 17.3 Å². The van der Waals surface area contributed by atoms with E-state index in [1.165, 1.54) is 0 Å². The minimum atomic E-state index is -0.580. The van der Waals surface area contributed by atoms with E-state index < -0.39 is 6.04 Å². The van der Waals surface area contributed by atoms with Gasteiger partial charge in [-0.15, -0.1) is 0 Å². The summed E-state index contributed by atoms with van der Waals surface area (Å²) in [6.07, 6.45) is 1.12. The zero-order chi connectivity index (χ0) is 14.9. The summed E-state index contributed by atoms with van der Waals surface area (Å²) in [6.45, 7) is 3.91. The second-order valence-electron chi connectivity index (χ2n) is 5.11. The number of carbonyl (C=O) groups excluding carboxylic acids is 2. The number of rotatable bonds is 4. The number of halogens is 1. The highest BCUT2D eigenvalue weighted by molar-refractivity contribution is 6.34. The van der Waals surface area contributed by atoms with Gasteiger partial charge in [0, 0.05) is 5.69 Å². The minimum absolute atomic E-state index is 0.0733. The van der Waals surface area contributed by atoms with Crippen LogP contribution in [0.3, 0.4) is 0 Å². The summed E-state index contributed by atoms with van der Waals surface area (Å²) in [5, 5.41) is 5.83. The first kappa shape index (κ1) is 14.8. The van der Waals surface area contributed by atoms with Gasteiger partial charge in [0.2, 0.25) is 11.8 Å². The Labute approximate surface area is 122 Å². The summed E-state index contributed by atoms with van der Waals surface area (Å²) in [7, 11) is 0. The van der Waals surface area contributed by atoms with Gasteiger partial charge in [0.05, 0.1) is 23.2 Å². The molecule has 0 saturated heterocycles. The number of nitrogens with one attached hydrogen (secondary N) is 2. The van der Waals surface area contributed by atoms with Crippen LogP contribution in [0.5, 0.6) is 0 Å². The Balaban J connectivity index is 2.16. The Morgan fingerprint density at radius 2 is 2.25 bits per heavy atom. The minimum Gasteiger partial charge on any atom is -0.325 e. The molecule has 1 aliphatic rings. The van der Waals surface area contributed by atoms with Gasteiger partial charge in [0.15, 0.2) is 0 Å². The standard InChI is InChI=1S/C14H18ClN3O2/c1-3-7(2)13(16)14(20)18-11-4-8-5-12(19)17-10(8)6-9(11)15/h4,6-7,13H,3,5,16H2,1-2H3,(H,17,19)(H,18,20)/t7-,13-/m0/s1. The molecule has 0 aromatic heterocycles. The molecule has 0 saturated carbocycles. The van der Waals surface area contributed by atoms with Crippen LogP contribution in [0, 0.1) is 5.92 Å². The lowest BCUT2D eigenvalue weighted by Gasteiger charge is -2.18. The van der Waals surface area contributed by atoms with Crippen molar-refractivity contribution in [2.24, 2.45) is 11.7 Å². The van der Waals surface area contributed by atoms with Crippen LogP contribution in [-0.4, -0.2) is 17.9 Å². The smallest absolute Gasteiger partial charge is 0.241 e. The molecule has 0 unspecified atom stereocenters. The van der Waals surface area contributed by atoms with Gasteiger partial charge >= 0.3 is 0 Å². The van der Waals surface area contributed by atoms with Crippen molar-refractivity contribution in [2.45, 2.75) is 32.7 Å². The third-order valence-electron chi connectivity index (χ3n) is 3.64. The Kier molecular flexibility index (Phi) is 4.30. The maximum Gasteiger partial charge on any atom is 0.241 e. The molecule has 0 fully saturated rings. The van der Waals surface area contributed by atoms with Crippen molar-refractivity contribution in [1.82, 2.24) is 0 Å². The summed E-state index contributed by atoms with van der Waals surface area (Å²) in [5.74, 6) is -0.249. The molecule has 2 rings (SSSR count). The number of carbonyl (C=O) groups is 2. The highest BCUT2D eigenvalue weighted by atomic mass is 35.5. The SMILES string of the molecule is CC[C@H](C)[C@H](N)C(=O)Nc1cc2c(cc1Cl)NC(=O)C2. The molecular formula is C14H18ClN3O2. The van der Waals surface area contributed by atoms with Gasteiger partial charge in [0.25, 0.3) is 0 Å². The quantitative estimate of drug-likeness (QED) is 0.796. The van der Waals surface area contributed by atoms with Gasteiger partial charge < -0.3 is 16.4 Å². The summed E-state index contributed by atoms with van der Waals surface area (Å²) in [5.41, 5.74) is 7.90. The Bertz CT molecular complexity index is 560. The topological polar surface area (TPSA) is 84.2 Å². The van der Waals surface area contributed by atoms with Crippen molar-refractivity contribution < 1.29 is 9.59 Å². The molecule has 4 N–H and O–H groups in total. The summed E-state index contributed by atoms with van der Waals surface area (Å²) < 4.78 is 0.